The van der Waals surface area contributed by atoms with Gasteiger partial charge in [-0.15, -0.1) is 0 Å². The number of cyclic esters (lactones) is 1. The molecule has 0 aliphatic carbocycles. The Kier molecular flexibility index (Phi) is 5.26. The highest BCUT2D eigenvalue weighted by Crippen LogP contribution is 2.39. The van der Waals surface area contributed by atoms with E-state index in [2.05, 4.69) is 26.1 Å². The zero-order valence-electron chi connectivity index (χ0n) is 10.8. The maximum atomic E-state index is 12.0. The molecule has 0 bridgehead atoms. The van der Waals surface area contributed by atoms with Crippen LogP contribution in [0.2, 0.25) is 0 Å². The minimum Gasteiger partial charge on any atom is -0.464 e. The fraction of sp³-hybridized carbons (Fsp3) is 0.923. The van der Waals surface area contributed by atoms with E-state index in [0.29, 0.717) is 6.61 Å². The molecule has 94 valence electrons. The van der Waals surface area contributed by atoms with Crippen molar-refractivity contribution in [2.24, 2.45) is 5.41 Å². The minimum absolute atomic E-state index is 0.0183. The van der Waals surface area contributed by atoms with Crippen molar-refractivity contribution in [1.82, 2.24) is 5.32 Å². The highest BCUT2D eigenvalue weighted by molar-refractivity contribution is 5.80. The summed E-state index contributed by atoms with van der Waals surface area (Å²) < 4.78 is 5.28. The number of carbonyl (C=O) groups excluding carboxylic acids is 1. The summed E-state index contributed by atoms with van der Waals surface area (Å²) in [5.74, 6) is 0.0183. The number of carbonyl (C=O) groups is 1. The number of hydrogen-bond donors (Lipinski definition) is 1. The first kappa shape index (κ1) is 13.5. The van der Waals surface area contributed by atoms with E-state index in [0.717, 1.165) is 38.6 Å². The lowest BCUT2D eigenvalue weighted by molar-refractivity contribution is -0.147. The van der Waals surface area contributed by atoms with Gasteiger partial charge in [0.15, 0.2) is 0 Å². The van der Waals surface area contributed by atoms with Crippen molar-refractivity contribution in [3.8, 4) is 0 Å². The molecular weight excluding hydrogens is 202 g/mol. The molecule has 0 aromatic rings. The molecule has 1 saturated heterocycles. The van der Waals surface area contributed by atoms with Gasteiger partial charge in [-0.25, -0.2) is 0 Å². The molecule has 0 radical (unpaired) electrons. The van der Waals surface area contributed by atoms with Crippen molar-refractivity contribution in [1.29, 1.82) is 0 Å². The van der Waals surface area contributed by atoms with Crippen molar-refractivity contribution in [2.75, 3.05) is 13.2 Å². The molecular formula is C13H25NO2. The average Bonchev–Trinajstić information content (AvgIpc) is 2.56. The number of esters is 1. The molecule has 1 aliphatic heterocycles. The Morgan fingerprint density at radius 1 is 1.25 bits per heavy atom. The van der Waals surface area contributed by atoms with Crippen LogP contribution in [-0.4, -0.2) is 25.2 Å². The van der Waals surface area contributed by atoms with Gasteiger partial charge >= 0.3 is 5.97 Å². The molecule has 0 aromatic heterocycles. The number of rotatable bonds is 7. The third kappa shape index (κ3) is 2.57. The summed E-state index contributed by atoms with van der Waals surface area (Å²) in [6.45, 7) is 7.95. The Balaban J connectivity index is 2.76. The first-order valence-corrected chi connectivity index (χ1v) is 6.61. The second-order valence-electron chi connectivity index (χ2n) is 4.76. The fourth-order valence-corrected chi connectivity index (χ4v) is 2.75. The molecule has 0 spiro atoms. The Labute approximate surface area is 98.9 Å². The second kappa shape index (κ2) is 6.24. The van der Waals surface area contributed by atoms with Gasteiger partial charge in [-0.3, -0.25) is 4.79 Å². The zero-order chi connectivity index (χ0) is 12.0. The van der Waals surface area contributed by atoms with E-state index in [4.69, 9.17) is 4.74 Å². The van der Waals surface area contributed by atoms with Crippen LogP contribution in [0.3, 0.4) is 0 Å². The van der Waals surface area contributed by atoms with Crippen molar-refractivity contribution in [2.45, 2.75) is 58.9 Å². The molecule has 1 aliphatic rings. The summed E-state index contributed by atoms with van der Waals surface area (Å²) in [5.41, 5.74) is -0.251. The maximum absolute atomic E-state index is 12.0. The molecule has 0 aromatic carbocycles. The van der Waals surface area contributed by atoms with Gasteiger partial charge in [0.2, 0.25) is 0 Å². The van der Waals surface area contributed by atoms with Crippen LogP contribution in [-0.2, 0) is 9.53 Å². The molecule has 1 N–H and O–H groups in total. The Morgan fingerprint density at radius 3 is 2.38 bits per heavy atom. The van der Waals surface area contributed by atoms with Gasteiger partial charge < -0.3 is 10.1 Å². The normalized spacial score (nSPS) is 23.4. The van der Waals surface area contributed by atoms with Crippen LogP contribution in [0.4, 0.5) is 0 Å². The molecule has 0 unspecified atom stereocenters. The maximum Gasteiger partial charge on any atom is 0.313 e. The van der Waals surface area contributed by atoms with Gasteiger partial charge in [0.25, 0.3) is 0 Å². The standard InChI is InChI=1S/C13H25NO2/c1-4-7-13(8-5-2)11(14-9-6-3)10-16-12(13)15/h11,14H,4-10H2,1-3H3/t11-/m1/s1. The Morgan fingerprint density at radius 2 is 1.88 bits per heavy atom. The van der Waals surface area contributed by atoms with E-state index >= 15 is 0 Å². The van der Waals surface area contributed by atoms with Crippen LogP contribution in [0.1, 0.15) is 52.9 Å². The SMILES string of the molecule is CCCN[C@@H]1COC(=O)C1(CCC)CCC. The van der Waals surface area contributed by atoms with Crippen LogP contribution >= 0.6 is 0 Å². The van der Waals surface area contributed by atoms with Crippen LogP contribution in [0.5, 0.6) is 0 Å². The Bertz CT molecular complexity index is 222. The molecule has 3 heteroatoms. The first-order chi connectivity index (χ1) is 7.71. The lowest BCUT2D eigenvalue weighted by atomic mass is 9.74. The molecule has 0 saturated carbocycles. The smallest absolute Gasteiger partial charge is 0.313 e. The topological polar surface area (TPSA) is 38.3 Å². The highest BCUT2D eigenvalue weighted by atomic mass is 16.5. The highest BCUT2D eigenvalue weighted by Gasteiger charge is 2.50. The number of ether oxygens (including phenoxy) is 1. The van der Waals surface area contributed by atoms with Crippen molar-refractivity contribution < 1.29 is 9.53 Å². The summed E-state index contributed by atoms with van der Waals surface area (Å²) in [5, 5.41) is 3.48. The van der Waals surface area contributed by atoms with E-state index in [9.17, 15) is 4.79 Å². The van der Waals surface area contributed by atoms with Gasteiger partial charge in [0.05, 0.1) is 11.5 Å². The summed E-state index contributed by atoms with van der Waals surface area (Å²) in [6, 6.07) is 0.222. The minimum atomic E-state index is -0.251. The van der Waals surface area contributed by atoms with Crippen molar-refractivity contribution in [3.63, 3.8) is 0 Å². The van der Waals surface area contributed by atoms with Crippen LogP contribution in [0, 0.1) is 5.41 Å². The van der Waals surface area contributed by atoms with E-state index in [1.54, 1.807) is 0 Å². The molecule has 1 heterocycles. The van der Waals surface area contributed by atoms with Gasteiger partial charge in [-0.2, -0.15) is 0 Å². The number of nitrogens with one attached hydrogen (secondary N) is 1. The van der Waals surface area contributed by atoms with Gasteiger partial charge in [-0.1, -0.05) is 33.6 Å². The van der Waals surface area contributed by atoms with Gasteiger partial charge in [0, 0.05) is 0 Å². The van der Waals surface area contributed by atoms with Crippen molar-refractivity contribution >= 4 is 5.97 Å². The predicted molar refractivity (Wildman–Crippen MR) is 65.3 cm³/mol. The van der Waals surface area contributed by atoms with Crippen LogP contribution in [0.15, 0.2) is 0 Å². The van der Waals surface area contributed by atoms with Gasteiger partial charge in [0.1, 0.15) is 6.61 Å². The van der Waals surface area contributed by atoms with Crippen molar-refractivity contribution in [3.05, 3.63) is 0 Å². The lowest BCUT2D eigenvalue weighted by Gasteiger charge is -2.31. The van der Waals surface area contributed by atoms with Gasteiger partial charge in [-0.05, 0) is 25.8 Å². The van der Waals surface area contributed by atoms with E-state index < -0.39 is 0 Å². The lowest BCUT2D eigenvalue weighted by Crippen LogP contribution is -2.46. The van der Waals surface area contributed by atoms with Crippen LogP contribution in [0.25, 0.3) is 0 Å². The molecule has 3 nitrogen and oxygen atoms in total. The third-order valence-electron chi connectivity index (χ3n) is 3.49. The van der Waals surface area contributed by atoms with E-state index in [1.165, 1.54) is 0 Å². The quantitative estimate of drug-likeness (QED) is 0.679. The molecule has 1 rings (SSSR count). The summed E-state index contributed by atoms with van der Waals surface area (Å²) in [6.07, 6.45) is 5.07. The molecule has 1 atom stereocenters. The van der Waals surface area contributed by atoms with E-state index in [1.807, 2.05) is 0 Å². The fourth-order valence-electron chi connectivity index (χ4n) is 2.75. The summed E-state index contributed by atoms with van der Waals surface area (Å²) >= 11 is 0. The monoisotopic (exact) mass is 227 g/mol. The van der Waals surface area contributed by atoms with E-state index in [-0.39, 0.29) is 17.4 Å². The molecule has 0 amide bonds. The summed E-state index contributed by atoms with van der Waals surface area (Å²) in [4.78, 5) is 12.0. The number of hydrogen-bond acceptors (Lipinski definition) is 3. The zero-order valence-corrected chi connectivity index (χ0v) is 10.8. The molecule has 1 fully saturated rings. The Hall–Kier alpha value is -0.570. The molecule has 16 heavy (non-hydrogen) atoms. The summed E-state index contributed by atoms with van der Waals surface area (Å²) in [7, 11) is 0. The largest absolute Gasteiger partial charge is 0.464 e. The third-order valence-corrected chi connectivity index (χ3v) is 3.49. The average molecular weight is 227 g/mol. The first-order valence-electron chi connectivity index (χ1n) is 6.61. The second-order valence-corrected chi connectivity index (χ2v) is 4.76. The predicted octanol–water partition coefficient (Wildman–Crippen LogP) is 2.50. The van der Waals surface area contributed by atoms with Crippen LogP contribution < -0.4 is 5.32 Å².